The topological polar surface area (TPSA) is 81.7 Å². The SMILES string of the molecule is COC(=O)c1ccc(C(=O)OC)c(NC(=O)c2ccccc2I)c1. The predicted octanol–water partition coefficient (Wildman–Crippen LogP) is 3.12. The third kappa shape index (κ3) is 3.91. The van der Waals surface area contributed by atoms with Crippen LogP contribution in [0.4, 0.5) is 5.69 Å². The molecule has 0 aliphatic carbocycles. The van der Waals surface area contributed by atoms with Crippen molar-refractivity contribution in [2.75, 3.05) is 19.5 Å². The Morgan fingerprint density at radius 2 is 1.58 bits per heavy atom. The zero-order chi connectivity index (χ0) is 17.7. The van der Waals surface area contributed by atoms with Crippen LogP contribution in [0.1, 0.15) is 31.1 Å². The fourth-order valence-corrected chi connectivity index (χ4v) is 2.65. The summed E-state index contributed by atoms with van der Waals surface area (Å²) in [5.41, 5.74) is 0.986. The van der Waals surface area contributed by atoms with Crippen molar-refractivity contribution in [1.82, 2.24) is 0 Å². The lowest BCUT2D eigenvalue weighted by Gasteiger charge is -2.12. The maximum atomic E-state index is 12.5. The molecular formula is C17H14INO5. The fraction of sp³-hybridized carbons (Fsp3) is 0.118. The minimum Gasteiger partial charge on any atom is -0.465 e. The van der Waals surface area contributed by atoms with Crippen LogP contribution < -0.4 is 5.32 Å². The van der Waals surface area contributed by atoms with Gasteiger partial charge in [-0.3, -0.25) is 4.79 Å². The van der Waals surface area contributed by atoms with Crippen LogP contribution in [0.15, 0.2) is 42.5 Å². The number of carbonyl (C=O) groups is 3. The Bertz CT molecular complexity index is 803. The minimum absolute atomic E-state index is 0.143. The smallest absolute Gasteiger partial charge is 0.339 e. The Balaban J connectivity index is 2.42. The molecule has 0 spiro atoms. The van der Waals surface area contributed by atoms with Crippen molar-refractivity contribution in [1.29, 1.82) is 0 Å². The largest absolute Gasteiger partial charge is 0.465 e. The summed E-state index contributed by atoms with van der Waals surface area (Å²) in [5, 5.41) is 2.65. The second-order valence-electron chi connectivity index (χ2n) is 4.68. The highest BCUT2D eigenvalue weighted by molar-refractivity contribution is 14.1. The maximum absolute atomic E-state index is 12.5. The summed E-state index contributed by atoms with van der Waals surface area (Å²) < 4.78 is 10.1. The van der Waals surface area contributed by atoms with E-state index in [1.165, 1.54) is 32.4 Å². The van der Waals surface area contributed by atoms with E-state index < -0.39 is 17.8 Å². The average molecular weight is 439 g/mol. The molecule has 0 saturated heterocycles. The Hall–Kier alpha value is -2.42. The molecule has 0 bridgehead atoms. The van der Waals surface area contributed by atoms with E-state index >= 15 is 0 Å². The van der Waals surface area contributed by atoms with Gasteiger partial charge in [0.25, 0.3) is 5.91 Å². The van der Waals surface area contributed by atoms with Crippen molar-refractivity contribution >= 4 is 46.1 Å². The summed E-state index contributed by atoms with van der Waals surface area (Å²) in [7, 11) is 2.49. The zero-order valence-corrected chi connectivity index (χ0v) is 15.1. The first-order valence-corrected chi connectivity index (χ1v) is 7.92. The van der Waals surface area contributed by atoms with E-state index in [1.807, 2.05) is 28.7 Å². The molecule has 1 amide bonds. The lowest BCUT2D eigenvalue weighted by atomic mass is 10.1. The monoisotopic (exact) mass is 439 g/mol. The quantitative estimate of drug-likeness (QED) is 0.585. The van der Waals surface area contributed by atoms with E-state index in [-0.39, 0.29) is 16.8 Å². The molecule has 0 fully saturated rings. The number of halogens is 1. The van der Waals surface area contributed by atoms with Gasteiger partial charge in [0.2, 0.25) is 0 Å². The van der Waals surface area contributed by atoms with Gasteiger partial charge in [0.15, 0.2) is 0 Å². The van der Waals surface area contributed by atoms with Crippen LogP contribution in [-0.4, -0.2) is 32.1 Å². The second-order valence-corrected chi connectivity index (χ2v) is 5.84. The number of nitrogens with one attached hydrogen (secondary N) is 1. The number of carbonyl (C=O) groups excluding carboxylic acids is 3. The van der Waals surface area contributed by atoms with Gasteiger partial charge in [-0.15, -0.1) is 0 Å². The highest BCUT2D eigenvalue weighted by Gasteiger charge is 2.18. The van der Waals surface area contributed by atoms with Gasteiger partial charge in [0.05, 0.1) is 36.6 Å². The summed E-state index contributed by atoms with van der Waals surface area (Å²) >= 11 is 2.04. The first kappa shape index (κ1) is 17.9. The van der Waals surface area contributed by atoms with Gasteiger partial charge in [-0.05, 0) is 52.9 Å². The highest BCUT2D eigenvalue weighted by atomic mass is 127. The molecule has 0 atom stereocenters. The molecule has 1 N–H and O–H groups in total. The van der Waals surface area contributed by atoms with E-state index in [4.69, 9.17) is 4.74 Å². The Morgan fingerprint density at radius 3 is 2.21 bits per heavy atom. The third-order valence-electron chi connectivity index (χ3n) is 3.21. The first-order valence-electron chi connectivity index (χ1n) is 6.84. The highest BCUT2D eigenvalue weighted by Crippen LogP contribution is 2.21. The number of hydrogen-bond acceptors (Lipinski definition) is 5. The minimum atomic E-state index is -0.621. The van der Waals surface area contributed by atoms with Crippen LogP contribution in [0.3, 0.4) is 0 Å². The van der Waals surface area contributed by atoms with Gasteiger partial charge in [-0.1, -0.05) is 12.1 Å². The number of methoxy groups -OCH3 is 2. The molecule has 124 valence electrons. The van der Waals surface area contributed by atoms with Crippen LogP contribution in [-0.2, 0) is 9.47 Å². The van der Waals surface area contributed by atoms with Crippen molar-refractivity contribution in [2.45, 2.75) is 0 Å². The van der Waals surface area contributed by atoms with Crippen LogP contribution in [0, 0.1) is 3.57 Å². The predicted molar refractivity (Wildman–Crippen MR) is 96.2 cm³/mol. The molecule has 6 nitrogen and oxygen atoms in total. The van der Waals surface area contributed by atoms with Crippen molar-refractivity contribution in [3.63, 3.8) is 0 Å². The average Bonchev–Trinajstić information content (AvgIpc) is 2.60. The second kappa shape index (κ2) is 7.91. The van der Waals surface area contributed by atoms with Crippen molar-refractivity contribution in [3.05, 3.63) is 62.7 Å². The number of rotatable bonds is 4. The normalized spacial score (nSPS) is 9.96. The molecule has 0 aliphatic heterocycles. The lowest BCUT2D eigenvalue weighted by molar-refractivity contribution is 0.0587. The summed E-state index contributed by atoms with van der Waals surface area (Å²) in [4.78, 5) is 36.0. The van der Waals surface area contributed by atoms with Crippen molar-refractivity contribution in [3.8, 4) is 0 Å². The number of ether oxygens (including phenoxy) is 2. The van der Waals surface area contributed by atoms with E-state index in [9.17, 15) is 14.4 Å². The number of hydrogen-bond donors (Lipinski definition) is 1. The lowest BCUT2D eigenvalue weighted by Crippen LogP contribution is -2.17. The van der Waals surface area contributed by atoms with E-state index in [0.29, 0.717) is 5.56 Å². The molecule has 0 aromatic heterocycles. The van der Waals surface area contributed by atoms with Crippen LogP contribution in [0.2, 0.25) is 0 Å². The van der Waals surface area contributed by atoms with Crippen LogP contribution in [0.25, 0.3) is 0 Å². The Morgan fingerprint density at radius 1 is 0.917 bits per heavy atom. The van der Waals surface area contributed by atoms with Crippen molar-refractivity contribution < 1.29 is 23.9 Å². The van der Waals surface area contributed by atoms with Gasteiger partial charge in [0, 0.05) is 3.57 Å². The molecule has 24 heavy (non-hydrogen) atoms. The first-order chi connectivity index (χ1) is 11.5. The maximum Gasteiger partial charge on any atom is 0.339 e. The standard InChI is InChI=1S/C17H14INO5/c1-23-16(21)10-7-8-12(17(22)24-2)14(9-10)19-15(20)11-5-3-4-6-13(11)18/h3-9H,1-2H3,(H,19,20). The number of benzene rings is 2. The molecule has 0 saturated carbocycles. The van der Waals surface area contributed by atoms with Gasteiger partial charge in [0.1, 0.15) is 0 Å². The number of anilines is 1. The molecule has 7 heteroatoms. The molecule has 0 heterocycles. The Labute approximate surface area is 152 Å². The third-order valence-corrected chi connectivity index (χ3v) is 4.15. The molecular weight excluding hydrogens is 425 g/mol. The molecule has 0 aliphatic rings. The molecule has 2 rings (SSSR count). The Kier molecular flexibility index (Phi) is 5.91. The fourth-order valence-electron chi connectivity index (χ4n) is 2.02. The van der Waals surface area contributed by atoms with Gasteiger partial charge in [-0.25, -0.2) is 9.59 Å². The molecule has 0 unspecified atom stereocenters. The van der Waals surface area contributed by atoms with Gasteiger partial charge >= 0.3 is 11.9 Å². The number of esters is 2. The van der Waals surface area contributed by atoms with Gasteiger partial charge < -0.3 is 14.8 Å². The molecule has 2 aromatic carbocycles. The summed E-state index contributed by atoms with van der Waals surface area (Å²) in [5.74, 6) is -1.59. The number of amides is 1. The van der Waals surface area contributed by atoms with E-state index in [1.54, 1.807) is 18.2 Å². The molecule has 2 aromatic rings. The van der Waals surface area contributed by atoms with E-state index in [0.717, 1.165) is 3.57 Å². The summed E-state index contributed by atoms with van der Waals surface area (Å²) in [6, 6.07) is 11.2. The van der Waals surface area contributed by atoms with Crippen molar-refractivity contribution in [2.24, 2.45) is 0 Å². The van der Waals surface area contributed by atoms with Crippen LogP contribution in [0.5, 0.6) is 0 Å². The van der Waals surface area contributed by atoms with Gasteiger partial charge in [-0.2, -0.15) is 0 Å². The summed E-state index contributed by atoms with van der Waals surface area (Å²) in [6.45, 7) is 0. The van der Waals surface area contributed by atoms with E-state index in [2.05, 4.69) is 10.1 Å². The zero-order valence-electron chi connectivity index (χ0n) is 13.0. The van der Waals surface area contributed by atoms with Crippen LogP contribution >= 0.6 is 22.6 Å². The molecule has 0 radical (unpaired) electrons. The summed E-state index contributed by atoms with van der Waals surface area (Å²) in [6.07, 6.45) is 0.